The highest BCUT2D eigenvalue weighted by Crippen LogP contribution is 1.92. The van der Waals surface area contributed by atoms with Crippen LogP contribution in [0.2, 0.25) is 0 Å². The molecule has 9 heavy (non-hydrogen) atoms. The summed E-state index contributed by atoms with van der Waals surface area (Å²) in [6.07, 6.45) is 4.97. The molecule has 0 aromatic rings. The van der Waals surface area contributed by atoms with E-state index in [1.54, 1.807) is 6.26 Å². The van der Waals surface area contributed by atoms with Crippen molar-refractivity contribution in [2.75, 3.05) is 12.0 Å². The SMILES string of the molecule is CS(=O)CCCCC=O. The molecular weight excluding hydrogens is 136 g/mol. The maximum atomic E-state index is 10.4. The van der Waals surface area contributed by atoms with Crippen LogP contribution in [0.5, 0.6) is 0 Å². The molecule has 2 nitrogen and oxygen atoms in total. The minimum Gasteiger partial charge on any atom is -0.303 e. The Morgan fingerprint density at radius 2 is 2.11 bits per heavy atom. The van der Waals surface area contributed by atoms with Crippen LogP contribution in [0.4, 0.5) is 0 Å². The molecule has 0 aromatic carbocycles. The van der Waals surface area contributed by atoms with Gasteiger partial charge in [0, 0.05) is 29.2 Å². The maximum Gasteiger partial charge on any atom is 0.119 e. The summed E-state index contributed by atoms with van der Waals surface area (Å²) < 4.78 is 10.4. The van der Waals surface area contributed by atoms with Crippen molar-refractivity contribution in [1.82, 2.24) is 0 Å². The van der Waals surface area contributed by atoms with Gasteiger partial charge in [-0.2, -0.15) is 0 Å². The van der Waals surface area contributed by atoms with E-state index in [4.69, 9.17) is 0 Å². The van der Waals surface area contributed by atoms with Crippen LogP contribution in [0.3, 0.4) is 0 Å². The standard InChI is InChI=1S/C6H12O2S/c1-9(8)6-4-2-3-5-7/h5H,2-4,6H2,1H3. The predicted molar refractivity (Wildman–Crippen MR) is 38.8 cm³/mol. The maximum absolute atomic E-state index is 10.4. The molecule has 1 unspecified atom stereocenters. The Morgan fingerprint density at radius 1 is 1.44 bits per heavy atom. The van der Waals surface area contributed by atoms with Crippen molar-refractivity contribution >= 4 is 17.1 Å². The zero-order valence-corrected chi connectivity index (χ0v) is 6.45. The van der Waals surface area contributed by atoms with Gasteiger partial charge in [0.2, 0.25) is 0 Å². The third-order valence-electron chi connectivity index (χ3n) is 1.00. The molecule has 3 heteroatoms. The highest BCUT2D eigenvalue weighted by Gasteiger charge is 1.89. The number of hydrogen-bond acceptors (Lipinski definition) is 2. The van der Waals surface area contributed by atoms with E-state index >= 15 is 0 Å². The molecule has 1 atom stereocenters. The van der Waals surface area contributed by atoms with Gasteiger partial charge in [-0.3, -0.25) is 4.21 Å². The number of carbonyl (C=O) groups is 1. The van der Waals surface area contributed by atoms with Gasteiger partial charge < -0.3 is 4.79 Å². The lowest BCUT2D eigenvalue weighted by atomic mass is 10.3. The first-order chi connectivity index (χ1) is 4.27. The Labute approximate surface area is 58.1 Å². The Morgan fingerprint density at radius 3 is 2.56 bits per heavy atom. The van der Waals surface area contributed by atoms with E-state index in [0.717, 1.165) is 24.9 Å². The van der Waals surface area contributed by atoms with Gasteiger partial charge in [0.05, 0.1) is 0 Å². The monoisotopic (exact) mass is 148 g/mol. The second-order valence-corrected chi connectivity index (χ2v) is 3.49. The molecule has 0 bridgehead atoms. The van der Waals surface area contributed by atoms with Crippen LogP contribution in [-0.2, 0) is 15.6 Å². The van der Waals surface area contributed by atoms with Gasteiger partial charge in [0.15, 0.2) is 0 Å². The Balaban J connectivity index is 2.91. The number of carbonyl (C=O) groups excluding carboxylic acids is 1. The third kappa shape index (κ3) is 7.82. The second kappa shape index (κ2) is 5.95. The number of aldehydes is 1. The van der Waals surface area contributed by atoms with E-state index in [2.05, 4.69) is 0 Å². The summed E-state index contributed by atoms with van der Waals surface area (Å²) in [5.41, 5.74) is 0. The summed E-state index contributed by atoms with van der Waals surface area (Å²) >= 11 is 0. The molecule has 0 saturated carbocycles. The lowest BCUT2D eigenvalue weighted by Crippen LogP contribution is -1.93. The van der Waals surface area contributed by atoms with Crippen LogP contribution in [0.25, 0.3) is 0 Å². The highest BCUT2D eigenvalue weighted by atomic mass is 32.2. The summed E-state index contributed by atoms with van der Waals surface area (Å²) in [5, 5.41) is 0. The number of rotatable bonds is 5. The molecule has 0 amide bonds. The van der Waals surface area contributed by atoms with Crippen LogP contribution >= 0.6 is 0 Å². The Hall–Kier alpha value is -0.180. The highest BCUT2D eigenvalue weighted by molar-refractivity contribution is 7.84. The summed E-state index contributed by atoms with van der Waals surface area (Å²) in [6, 6.07) is 0. The van der Waals surface area contributed by atoms with E-state index in [1.165, 1.54) is 0 Å². The number of unbranched alkanes of at least 4 members (excludes halogenated alkanes) is 2. The van der Waals surface area contributed by atoms with Crippen molar-refractivity contribution in [3.05, 3.63) is 0 Å². The van der Waals surface area contributed by atoms with E-state index in [9.17, 15) is 9.00 Å². The average Bonchev–Trinajstić information content (AvgIpc) is 1.80. The third-order valence-corrected chi connectivity index (χ3v) is 1.87. The molecule has 0 saturated heterocycles. The summed E-state index contributed by atoms with van der Waals surface area (Å²) in [5.74, 6) is 0.730. The van der Waals surface area contributed by atoms with Crippen LogP contribution in [0.15, 0.2) is 0 Å². The largest absolute Gasteiger partial charge is 0.303 e. The molecular formula is C6H12O2S. The summed E-state index contributed by atoms with van der Waals surface area (Å²) in [6.45, 7) is 0. The molecule has 0 heterocycles. The van der Waals surface area contributed by atoms with E-state index in [0.29, 0.717) is 6.42 Å². The smallest absolute Gasteiger partial charge is 0.119 e. The molecule has 0 aliphatic rings. The lowest BCUT2D eigenvalue weighted by molar-refractivity contribution is -0.107. The molecule has 0 aromatic heterocycles. The number of hydrogen-bond donors (Lipinski definition) is 0. The molecule has 0 rings (SSSR count). The van der Waals surface area contributed by atoms with Crippen LogP contribution in [0.1, 0.15) is 19.3 Å². The van der Waals surface area contributed by atoms with E-state index in [1.807, 2.05) is 0 Å². The van der Waals surface area contributed by atoms with Crippen molar-refractivity contribution in [2.45, 2.75) is 19.3 Å². The lowest BCUT2D eigenvalue weighted by Gasteiger charge is -1.91. The van der Waals surface area contributed by atoms with Crippen molar-refractivity contribution in [1.29, 1.82) is 0 Å². The fourth-order valence-corrected chi connectivity index (χ4v) is 1.14. The Kier molecular flexibility index (Phi) is 5.83. The fraction of sp³-hybridized carbons (Fsp3) is 0.833. The van der Waals surface area contributed by atoms with Gasteiger partial charge in [-0.25, -0.2) is 0 Å². The van der Waals surface area contributed by atoms with Crippen LogP contribution in [0, 0.1) is 0 Å². The molecule has 0 spiro atoms. The van der Waals surface area contributed by atoms with Crippen molar-refractivity contribution in [3.63, 3.8) is 0 Å². The minimum atomic E-state index is -0.685. The van der Waals surface area contributed by atoms with E-state index in [-0.39, 0.29) is 0 Å². The minimum absolute atomic E-state index is 0.608. The van der Waals surface area contributed by atoms with Gasteiger partial charge >= 0.3 is 0 Å². The average molecular weight is 148 g/mol. The van der Waals surface area contributed by atoms with Crippen molar-refractivity contribution in [2.24, 2.45) is 0 Å². The van der Waals surface area contributed by atoms with E-state index < -0.39 is 10.8 Å². The molecule has 0 fully saturated rings. The zero-order chi connectivity index (χ0) is 7.11. The van der Waals surface area contributed by atoms with Gasteiger partial charge in [-0.1, -0.05) is 0 Å². The quantitative estimate of drug-likeness (QED) is 0.425. The predicted octanol–water partition coefficient (Wildman–Crippen LogP) is 0.734. The van der Waals surface area contributed by atoms with Crippen molar-refractivity contribution < 1.29 is 9.00 Å². The van der Waals surface area contributed by atoms with Gasteiger partial charge in [-0.05, 0) is 12.8 Å². The van der Waals surface area contributed by atoms with Crippen molar-refractivity contribution in [3.8, 4) is 0 Å². The first kappa shape index (κ1) is 8.82. The first-order valence-electron chi connectivity index (χ1n) is 3.01. The normalized spacial score (nSPS) is 13.0. The summed E-state index contributed by atoms with van der Waals surface area (Å²) in [4.78, 5) is 9.77. The molecule has 0 aliphatic heterocycles. The summed E-state index contributed by atoms with van der Waals surface area (Å²) in [7, 11) is -0.685. The van der Waals surface area contributed by atoms with Gasteiger partial charge in [0.25, 0.3) is 0 Å². The topological polar surface area (TPSA) is 34.1 Å². The molecule has 54 valence electrons. The van der Waals surface area contributed by atoms with Crippen LogP contribution in [-0.4, -0.2) is 22.5 Å². The molecule has 0 radical (unpaired) electrons. The first-order valence-corrected chi connectivity index (χ1v) is 4.73. The Bertz CT molecular complexity index is 101. The zero-order valence-electron chi connectivity index (χ0n) is 5.63. The molecule has 0 aliphatic carbocycles. The van der Waals surface area contributed by atoms with Gasteiger partial charge in [0.1, 0.15) is 6.29 Å². The fourth-order valence-electron chi connectivity index (χ4n) is 0.533. The second-order valence-electron chi connectivity index (χ2n) is 1.94. The molecule has 0 N–H and O–H groups in total. The van der Waals surface area contributed by atoms with Gasteiger partial charge in [-0.15, -0.1) is 0 Å². The van der Waals surface area contributed by atoms with Crippen LogP contribution < -0.4 is 0 Å².